The first-order valence-corrected chi connectivity index (χ1v) is 9.56. The number of carbonyl (C=O) groups is 1. The van der Waals surface area contributed by atoms with Crippen molar-refractivity contribution < 1.29 is 14.3 Å². The van der Waals surface area contributed by atoms with Crippen LogP contribution in [0.5, 0.6) is 5.88 Å². The number of hydrogen-bond donors (Lipinski definition) is 1. The van der Waals surface area contributed by atoms with Crippen LogP contribution in [0.25, 0.3) is 6.08 Å². The van der Waals surface area contributed by atoms with Gasteiger partial charge in [0.05, 0.1) is 6.26 Å². The van der Waals surface area contributed by atoms with Crippen LogP contribution in [0.1, 0.15) is 36.8 Å². The summed E-state index contributed by atoms with van der Waals surface area (Å²) < 4.78 is 12.8. The van der Waals surface area contributed by atoms with Gasteiger partial charge in [0.15, 0.2) is 5.82 Å². The molecular formula is C22H23N3O4. The summed E-state index contributed by atoms with van der Waals surface area (Å²) in [5.41, 5.74) is -0.312. The van der Waals surface area contributed by atoms with Crippen molar-refractivity contribution in [2.75, 3.05) is 7.11 Å². The Balaban J connectivity index is 1.97. The summed E-state index contributed by atoms with van der Waals surface area (Å²) in [5.74, 6) is 0.0745. The standard InChI is InChI=1S/C22H23N3O4/c1-14(2)22(28-3)21-23-19-16(11-7-8-12-29-19)20(27)25(21)17(18(26)24-22)13-15-9-5-4-6-10-15/h4-12,14,17H,13H2,1-3H3,(H,24,26). The number of aromatic nitrogens is 2. The number of ether oxygens (including phenoxy) is 2. The van der Waals surface area contributed by atoms with Gasteiger partial charge in [-0.1, -0.05) is 50.3 Å². The Morgan fingerprint density at radius 2 is 2.00 bits per heavy atom. The van der Waals surface area contributed by atoms with Gasteiger partial charge in [0.25, 0.3) is 5.56 Å². The van der Waals surface area contributed by atoms with Crippen LogP contribution < -0.4 is 15.6 Å². The maximum atomic E-state index is 13.5. The minimum Gasteiger partial charge on any atom is -0.446 e. The third-order valence-corrected chi connectivity index (χ3v) is 5.41. The van der Waals surface area contributed by atoms with Crippen LogP contribution in [-0.2, 0) is 21.7 Å². The molecule has 2 aromatic rings. The quantitative estimate of drug-likeness (QED) is 0.863. The molecule has 2 atom stereocenters. The van der Waals surface area contributed by atoms with E-state index in [0.29, 0.717) is 17.8 Å². The summed E-state index contributed by atoms with van der Waals surface area (Å²) in [4.78, 5) is 31.3. The first-order chi connectivity index (χ1) is 14.0. The lowest BCUT2D eigenvalue weighted by molar-refractivity contribution is -0.151. The van der Waals surface area contributed by atoms with Crippen molar-refractivity contribution in [3.05, 3.63) is 76.1 Å². The van der Waals surface area contributed by atoms with E-state index >= 15 is 0 Å². The van der Waals surface area contributed by atoms with Crippen molar-refractivity contribution in [1.82, 2.24) is 14.9 Å². The first-order valence-electron chi connectivity index (χ1n) is 9.56. The summed E-state index contributed by atoms with van der Waals surface area (Å²) in [6, 6.07) is 8.85. The van der Waals surface area contributed by atoms with Crippen molar-refractivity contribution >= 4 is 12.0 Å². The predicted octanol–water partition coefficient (Wildman–Crippen LogP) is 2.53. The zero-order chi connectivity index (χ0) is 20.6. The van der Waals surface area contributed by atoms with Gasteiger partial charge in [0.1, 0.15) is 11.6 Å². The van der Waals surface area contributed by atoms with Gasteiger partial charge in [-0.25, -0.2) is 0 Å². The molecule has 0 fully saturated rings. The fourth-order valence-electron chi connectivity index (χ4n) is 3.85. The molecule has 150 valence electrons. The Morgan fingerprint density at radius 1 is 1.24 bits per heavy atom. The van der Waals surface area contributed by atoms with Crippen LogP contribution >= 0.6 is 0 Å². The smallest absolute Gasteiger partial charge is 0.265 e. The number of hydrogen-bond acceptors (Lipinski definition) is 5. The Hall–Kier alpha value is -3.19. The minimum absolute atomic E-state index is 0.179. The SMILES string of the molecule is COC1(C(C)C)NC(=O)C(Cc2ccccc2)n2c1nc1c(c2=O)C=CC=CO1. The Labute approximate surface area is 168 Å². The normalized spacial score (nSPS) is 22.5. The monoisotopic (exact) mass is 393 g/mol. The van der Waals surface area contributed by atoms with E-state index in [1.165, 1.54) is 17.9 Å². The van der Waals surface area contributed by atoms with E-state index in [0.717, 1.165) is 5.56 Å². The Bertz CT molecular complexity index is 1060. The summed E-state index contributed by atoms with van der Waals surface area (Å²) >= 11 is 0. The van der Waals surface area contributed by atoms with Crippen LogP contribution in [0.3, 0.4) is 0 Å². The molecule has 4 rings (SSSR count). The predicted molar refractivity (Wildman–Crippen MR) is 108 cm³/mol. The molecule has 0 radical (unpaired) electrons. The molecule has 7 heteroatoms. The lowest BCUT2D eigenvalue weighted by Gasteiger charge is -2.43. The highest BCUT2D eigenvalue weighted by molar-refractivity contribution is 5.83. The average molecular weight is 393 g/mol. The summed E-state index contributed by atoms with van der Waals surface area (Å²) in [6.07, 6.45) is 6.88. The second kappa shape index (κ2) is 7.33. The second-order valence-electron chi connectivity index (χ2n) is 7.42. The molecule has 0 saturated carbocycles. The molecule has 3 heterocycles. The Kier molecular flexibility index (Phi) is 4.84. The lowest BCUT2D eigenvalue weighted by Crippen LogP contribution is -2.61. The molecule has 0 bridgehead atoms. The van der Waals surface area contributed by atoms with Gasteiger partial charge in [0.2, 0.25) is 17.5 Å². The topological polar surface area (TPSA) is 82.5 Å². The molecule has 0 spiro atoms. The van der Waals surface area contributed by atoms with Crippen LogP contribution in [0, 0.1) is 5.92 Å². The number of methoxy groups -OCH3 is 1. The third-order valence-electron chi connectivity index (χ3n) is 5.41. The van der Waals surface area contributed by atoms with E-state index in [1.807, 2.05) is 44.2 Å². The summed E-state index contributed by atoms with van der Waals surface area (Å²) in [6.45, 7) is 3.81. The van der Waals surface area contributed by atoms with Gasteiger partial charge in [0, 0.05) is 19.4 Å². The number of rotatable bonds is 4. The van der Waals surface area contributed by atoms with Gasteiger partial charge in [-0.05, 0) is 17.7 Å². The van der Waals surface area contributed by atoms with Crippen molar-refractivity contribution in [1.29, 1.82) is 0 Å². The molecule has 2 unspecified atom stereocenters. The van der Waals surface area contributed by atoms with Crippen LogP contribution in [-0.4, -0.2) is 22.6 Å². The molecule has 2 aliphatic rings. The molecular weight excluding hydrogens is 370 g/mol. The van der Waals surface area contributed by atoms with Gasteiger partial charge < -0.3 is 14.8 Å². The first kappa shape index (κ1) is 19.1. The van der Waals surface area contributed by atoms with Crippen molar-refractivity contribution in [3.63, 3.8) is 0 Å². The van der Waals surface area contributed by atoms with Gasteiger partial charge in [-0.15, -0.1) is 0 Å². The van der Waals surface area contributed by atoms with E-state index in [-0.39, 0.29) is 23.3 Å². The van der Waals surface area contributed by atoms with Crippen molar-refractivity contribution in [2.24, 2.45) is 5.92 Å². The van der Waals surface area contributed by atoms with Gasteiger partial charge in [-0.2, -0.15) is 4.98 Å². The summed E-state index contributed by atoms with van der Waals surface area (Å²) in [7, 11) is 1.50. The third kappa shape index (κ3) is 3.07. The van der Waals surface area contributed by atoms with E-state index in [1.54, 1.807) is 18.2 Å². The highest BCUT2D eigenvalue weighted by Crippen LogP contribution is 2.36. The van der Waals surface area contributed by atoms with Crippen LogP contribution in [0.15, 0.2) is 53.5 Å². The van der Waals surface area contributed by atoms with Crippen molar-refractivity contribution in [2.45, 2.75) is 32.0 Å². The molecule has 1 aromatic carbocycles. The minimum atomic E-state index is -1.23. The fourth-order valence-corrected chi connectivity index (χ4v) is 3.85. The van der Waals surface area contributed by atoms with Crippen LogP contribution in [0.4, 0.5) is 0 Å². The molecule has 1 N–H and O–H groups in total. The van der Waals surface area contributed by atoms with Gasteiger partial charge >= 0.3 is 0 Å². The fraction of sp³-hybridized carbons (Fsp3) is 0.318. The molecule has 0 aliphatic carbocycles. The largest absolute Gasteiger partial charge is 0.446 e. The van der Waals surface area contributed by atoms with E-state index in [9.17, 15) is 9.59 Å². The molecule has 0 saturated heterocycles. The number of allylic oxidation sites excluding steroid dienone is 2. The number of nitrogens with one attached hydrogen (secondary N) is 1. The maximum absolute atomic E-state index is 13.5. The molecule has 1 aromatic heterocycles. The number of benzene rings is 1. The Morgan fingerprint density at radius 3 is 2.69 bits per heavy atom. The van der Waals surface area contributed by atoms with E-state index < -0.39 is 11.8 Å². The average Bonchev–Trinajstić information content (AvgIpc) is 2.96. The second-order valence-corrected chi connectivity index (χ2v) is 7.42. The zero-order valence-corrected chi connectivity index (χ0v) is 16.6. The lowest BCUT2D eigenvalue weighted by atomic mass is 9.92. The maximum Gasteiger partial charge on any atom is 0.265 e. The highest BCUT2D eigenvalue weighted by atomic mass is 16.5. The van der Waals surface area contributed by atoms with Crippen LogP contribution in [0.2, 0.25) is 0 Å². The van der Waals surface area contributed by atoms with E-state index in [4.69, 9.17) is 9.47 Å². The molecule has 2 aliphatic heterocycles. The molecule has 7 nitrogen and oxygen atoms in total. The molecule has 1 amide bonds. The zero-order valence-electron chi connectivity index (χ0n) is 16.6. The summed E-state index contributed by atoms with van der Waals surface area (Å²) in [5, 5.41) is 2.98. The van der Waals surface area contributed by atoms with Gasteiger partial charge in [-0.3, -0.25) is 14.2 Å². The van der Waals surface area contributed by atoms with E-state index in [2.05, 4.69) is 10.3 Å². The number of carbonyl (C=O) groups excluding carboxylic acids is 1. The number of fused-ring (bicyclic) bond motifs is 2. The van der Waals surface area contributed by atoms with Crippen molar-refractivity contribution in [3.8, 4) is 5.88 Å². The molecule has 29 heavy (non-hydrogen) atoms. The number of nitrogens with zero attached hydrogens (tertiary/aromatic N) is 2. The number of amides is 1. The highest BCUT2D eigenvalue weighted by Gasteiger charge is 2.49.